The SMILES string of the molecule is Cl.Nc1cc(Nc2cc(F)cc(F)c2)nc(C(=O)Nc2ccc3c(c2)OCCO3)c1. The number of nitrogens with one attached hydrogen (secondary N) is 2. The molecule has 1 aliphatic rings. The van der Waals surface area contributed by atoms with Crippen LogP contribution in [0.4, 0.5) is 31.7 Å². The molecule has 4 rings (SSSR count). The average Bonchev–Trinajstić information content (AvgIpc) is 2.66. The van der Waals surface area contributed by atoms with Crippen molar-refractivity contribution in [1.82, 2.24) is 4.98 Å². The third kappa shape index (κ3) is 4.87. The highest BCUT2D eigenvalue weighted by atomic mass is 35.5. The van der Waals surface area contributed by atoms with E-state index in [1.54, 1.807) is 18.2 Å². The number of aromatic nitrogens is 1. The van der Waals surface area contributed by atoms with Crippen molar-refractivity contribution < 1.29 is 23.0 Å². The smallest absolute Gasteiger partial charge is 0.274 e. The van der Waals surface area contributed by atoms with Gasteiger partial charge in [0.25, 0.3) is 5.91 Å². The lowest BCUT2D eigenvalue weighted by molar-refractivity contribution is 0.102. The fourth-order valence-electron chi connectivity index (χ4n) is 2.82. The van der Waals surface area contributed by atoms with Crippen LogP contribution in [0, 0.1) is 11.6 Å². The fourth-order valence-corrected chi connectivity index (χ4v) is 2.82. The first-order valence-corrected chi connectivity index (χ1v) is 8.68. The first-order valence-electron chi connectivity index (χ1n) is 8.68. The molecule has 0 radical (unpaired) electrons. The highest BCUT2D eigenvalue weighted by Crippen LogP contribution is 2.32. The lowest BCUT2D eigenvalue weighted by atomic mass is 10.2. The van der Waals surface area contributed by atoms with E-state index in [-0.39, 0.29) is 35.3 Å². The largest absolute Gasteiger partial charge is 0.486 e. The number of anilines is 4. The number of fused-ring (bicyclic) bond motifs is 1. The minimum absolute atomic E-state index is 0. The standard InChI is InChI=1S/C20H16F2N4O3.ClH/c21-11-5-12(22)7-15(6-11)24-19-9-13(23)8-16(26-19)20(27)25-14-1-2-17-18(10-14)29-4-3-28-17;/h1-2,5-10H,3-4H2,(H,25,27)(H3,23,24,26);1H. The van der Waals surface area contributed by atoms with Crippen LogP contribution in [0.5, 0.6) is 11.5 Å². The minimum Gasteiger partial charge on any atom is -0.486 e. The Balaban J connectivity index is 0.00000256. The summed E-state index contributed by atoms with van der Waals surface area (Å²) in [7, 11) is 0. The van der Waals surface area contributed by atoms with Gasteiger partial charge in [-0.25, -0.2) is 13.8 Å². The van der Waals surface area contributed by atoms with Gasteiger partial charge in [0.05, 0.1) is 0 Å². The van der Waals surface area contributed by atoms with E-state index in [2.05, 4.69) is 15.6 Å². The Morgan fingerprint density at radius 3 is 2.37 bits per heavy atom. The van der Waals surface area contributed by atoms with Crippen molar-refractivity contribution in [2.45, 2.75) is 0 Å². The molecule has 0 unspecified atom stereocenters. The number of benzene rings is 2. The summed E-state index contributed by atoms with van der Waals surface area (Å²) in [6.07, 6.45) is 0. The Hall–Kier alpha value is -3.59. The number of carbonyl (C=O) groups excluding carboxylic acids is 1. The lowest BCUT2D eigenvalue weighted by Gasteiger charge is -2.19. The van der Waals surface area contributed by atoms with Crippen molar-refractivity contribution in [2.24, 2.45) is 0 Å². The number of hydrogen-bond donors (Lipinski definition) is 3. The summed E-state index contributed by atoms with van der Waals surface area (Å²) in [6.45, 7) is 0.897. The van der Waals surface area contributed by atoms with E-state index < -0.39 is 17.5 Å². The maximum Gasteiger partial charge on any atom is 0.274 e. The molecule has 2 heterocycles. The molecule has 156 valence electrons. The molecule has 4 N–H and O–H groups in total. The van der Waals surface area contributed by atoms with Crippen molar-refractivity contribution in [3.63, 3.8) is 0 Å². The van der Waals surface area contributed by atoms with Crippen molar-refractivity contribution >= 4 is 41.2 Å². The van der Waals surface area contributed by atoms with Crippen LogP contribution < -0.4 is 25.8 Å². The summed E-state index contributed by atoms with van der Waals surface area (Å²) in [5, 5.41) is 5.44. The number of rotatable bonds is 4. The lowest BCUT2D eigenvalue weighted by Crippen LogP contribution is -2.17. The van der Waals surface area contributed by atoms with Crippen molar-refractivity contribution in [3.05, 3.63) is 65.9 Å². The third-order valence-corrected chi connectivity index (χ3v) is 4.02. The third-order valence-electron chi connectivity index (χ3n) is 4.02. The highest BCUT2D eigenvalue weighted by molar-refractivity contribution is 6.03. The summed E-state index contributed by atoms with van der Waals surface area (Å²) >= 11 is 0. The van der Waals surface area contributed by atoms with Gasteiger partial charge >= 0.3 is 0 Å². The molecule has 0 bridgehead atoms. The second-order valence-corrected chi connectivity index (χ2v) is 6.27. The average molecular weight is 435 g/mol. The van der Waals surface area contributed by atoms with E-state index in [1.165, 1.54) is 12.1 Å². The van der Waals surface area contributed by atoms with E-state index in [0.29, 0.717) is 30.4 Å². The summed E-state index contributed by atoms with van der Waals surface area (Å²) in [4.78, 5) is 16.8. The number of ether oxygens (including phenoxy) is 2. The summed E-state index contributed by atoms with van der Waals surface area (Å²) in [5.41, 5.74) is 6.76. The molecular weight excluding hydrogens is 418 g/mol. The van der Waals surface area contributed by atoms with Gasteiger partial charge in [0.1, 0.15) is 36.4 Å². The number of pyridine rings is 1. The molecule has 10 heteroatoms. The summed E-state index contributed by atoms with van der Waals surface area (Å²) in [6, 6.07) is 10.8. The molecule has 3 aromatic rings. The molecule has 2 aromatic carbocycles. The van der Waals surface area contributed by atoms with Crippen LogP contribution in [0.15, 0.2) is 48.5 Å². The maximum atomic E-state index is 13.4. The van der Waals surface area contributed by atoms with Gasteiger partial charge in [-0.3, -0.25) is 4.79 Å². The second-order valence-electron chi connectivity index (χ2n) is 6.27. The Morgan fingerprint density at radius 2 is 1.63 bits per heavy atom. The van der Waals surface area contributed by atoms with E-state index in [4.69, 9.17) is 15.2 Å². The topological polar surface area (TPSA) is 98.5 Å². The Bertz CT molecular complexity index is 1080. The zero-order valence-electron chi connectivity index (χ0n) is 15.4. The fraction of sp³-hybridized carbons (Fsp3) is 0.100. The first kappa shape index (κ1) is 21.1. The molecule has 1 amide bonds. The molecule has 0 fully saturated rings. The van der Waals surface area contributed by atoms with Crippen LogP contribution in [0.25, 0.3) is 0 Å². The molecule has 7 nitrogen and oxygen atoms in total. The predicted molar refractivity (Wildman–Crippen MR) is 111 cm³/mol. The van der Waals surface area contributed by atoms with E-state index in [0.717, 1.165) is 18.2 Å². The zero-order valence-corrected chi connectivity index (χ0v) is 16.3. The highest BCUT2D eigenvalue weighted by Gasteiger charge is 2.15. The molecule has 30 heavy (non-hydrogen) atoms. The molecule has 0 saturated carbocycles. The van der Waals surface area contributed by atoms with E-state index >= 15 is 0 Å². The van der Waals surface area contributed by atoms with Crippen LogP contribution in [0.2, 0.25) is 0 Å². The van der Waals surface area contributed by atoms with Gasteiger partial charge < -0.3 is 25.8 Å². The van der Waals surface area contributed by atoms with Gasteiger partial charge in [-0.15, -0.1) is 12.4 Å². The monoisotopic (exact) mass is 434 g/mol. The molecule has 0 spiro atoms. The number of amides is 1. The van der Waals surface area contributed by atoms with Gasteiger partial charge in [-0.05, 0) is 30.3 Å². The van der Waals surface area contributed by atoms with Crippen LogP contribution in [-0.2, 0) is 0 Å². The van der Waals surface area contributed by atoms with Gasteiger partial charge in [0.15, 0.2) is 11.5 Å². The van der Waals surface area contributed by atoms with Gasteiger partial charge in [0, 0.05) is 35.3 Å². The summed E-state index contributed by atoms with van der Waals surface area (Å²) in [5.74, 6) is -0.694. The second kappa shape index (κ2) is 8.83. The van der Waals surface area contributed by atoms with E-state index in [9.17, 15) is 13.6 Å². The van der Waals surface area contributed by atoms with Crippen molar-refractivity contribution in [3.8, 4) is 11.5 Å². The van der Waals surface area contributed by atoms with Crippen LogP contribution in [0.3, 0.4) is 0 Å². The first-order chi connectivity index (χ1) is 14.0. The quantitative estimate of drug-likeness (QED) is 0.571. The van der Waals surface area contributed by atoms with Gasteiger partial charge in [-0.1, -0.05) is 0 Å². The van der Waals surface area contributed by atoms with Crippen LogP contribution in [0.1, 0.15) is 10.5 Å². The van der Waals surface area contributed by atoms with E-state index in [1.807, 2.05) is 0 Å². The molecular formula is C20H17ClF2N4O3. The van der Waals surface area contributed by atoms with Crippen molar-refractivity contribution in [2.75, 3.05) is 29.6 Å². The number of halogens is 3. The number of hydrogen-bond acceptors (Lipinski definition) is 6. The molecule has 0 aliphatic carbocycles. The number of carbonyl (C=O) groups is 1. The van der Waals surface area contributed by atoms with Gasteiger partial charge in [-0.2, -0.15) is 0 Å². The Morgan fingerprint density at radius 1 is 0.933 bits per heavy atom. The minimum atomic E-state index is -0.743. The molecule has 1 aromatic heterocycles. The Kier molecular flexibility index (Phi) is 6.22. The maximum absolute atomic E-state index is 13.4. The normalized spacial score (nSPS) is 11.9. The zero-order chi connectivity index (χ0) is 20.4. The van der Waals surface area contributed by atoms with Gasteiger partial charge in [0.2, 0.25) is 0 Å². The number of nitrogen functional groups attached to an aromatic ring is 1. The van der Waals surface area contributed by atoms with Crippen LogP contribution in [-0.4, -0.2) is 24.1 Å². The molecule has 0 atom stereocenters. The number of nitrogens with two attached hydrogens (primary N) is 1. The number of nitrogens with zero attached hydrogens (tertiary/aromatic N) is 1. The molecule has 0 saturated heterocycles. The summed E-state index contributed by atoms with van der Waals surface area (Å²) < 4.78 is 37.7. The Labute approximate surface area is 176 Å². The molecule has 1 aliphatic heterocycles. The predicted octanol–water partition coefficient (Wildman–Crippen LogP) is 4.13. The van der Waals surface area contributed by atoms with Crippen LogP contribution >= 0.6 is 12.4 Å². The van der Waals surface area contributed by atoms with Crippen molar-refractivity contribution in [1.29, 1.82) is 0 Å².